The fourth-order valence-corrected chi connectivity index (χ4v) is 1.93. The van der Waals surface area contributed by atoms with Crippen molar-refractivity contribution < 1.29 is 9.90 Å². The highest BCUT2D eigenvalue weighted by molar-refractivity contribution is 5.87. The fourth-order valence-electron chi connectivity index (χ4n) is 1.93. The summed E-state index contributed by atoms with van der Waals surface area (Å²) >= 11 is 0. The van der Waals surface area contributed by atoms with Crippen molar-refractivity contribution in [1.82, 2.24) is 14.6 Å². The van der Waals surface area contributed by atoms with Crippen molar-refractivity contribution in [3.8, 4) is 11.3 Å². The Morgan fingerprint density at radius 3 is 2.79 bits per heavy atom. The molecule has 94 valence electrons. The smallest absolute Gasteiger partial charge is 0.356 e. The maximum Gasteiger partial charge on any atom is 0.356 e. The Morgan fingerprint density at radius 1 is 1.26 bits per heavy atom. The van der Waals surface area contributed by atoms with Gasteiger partial charge < -0.3 is 10.8 Å². The van der Waals surface area contributed by atoms with Gasteiger partial charge in [0.1, 0.15) is 0 Å². The molecule has 0 radical (unpaired) electrons. The minimum Gasteiger partial charge on any atom is -0.476 e. The molecule has 0 amide bonds. The van der Waals surface area contributed by atoms with Crippen molar-refractivity contribution in [2.75, 3.05) is 5.73 Å². The summed E-state index contributed by atoms with van der Waals surface area (Å²) in [6.07, 6.45) is 1.60. The number of para-hydroxylation sites is 1. The van der Waals surface area contributed by atoms with Gasteiger partial charge in [0.2, 0.25) is 0 Å². The number of aromatic carboxylic acids is 1. The first-order valence-electron chi connectivity index (χ1n) is 5.60. The highest BCUT2D eigenvalue weighted by Crippen LogP contribution is 2.25. The van der Waals surface area contributed by atoms with E-state index in [0.29, 0.717) is 17.0 Å². The first kappa shape index (κ1) is 11.2. The molecule has 0 aliphatic heterocycles. The molecule has 0 spiro atoms. The number of carboxylic acids is 1. The lowest BCUT2D eigenvalue weighted by Crippen LogP contribution is -2.01. The number of fused-ring (bicyclic) bond motifs is 1. The molecule has 19 heavy (non-hydrogen) atoms. The van der Waals surface area contributed by atoms with Crippen LogP contribution in [0.25, 0.3) is 16.9 Å². The Kier molecular flexibility index (Phi) is 2.42. The third-order valence-electron chi connectivity index (χ3n) is 2.81. The number of carboxylic acid groups (broad SMARTS) is 1. The van der Waals surface area contributed by atoms with Crippen LogP contribution in [0.2, 0.25) is 0 Å². The van der Waals surface area contributed by atoms with E-state index in [-0.39, 0.29) is 5.69 Å². The number of hydrogen-bond acceptors (Lipinski definition) is 4. The zero-order chi connectivity index (χ0) is 13.4. The van der Waals surface area contributed by atoms with Gasteiger partial charge in [0.05, 0.1) is 5.69 Å². The van der Waals surface area contributed by atoms with Gasteiger partial charge in [-0.3, -0.25) is 0 Å². The van der Waals surface area contributed by atoms with Crippen molar-refractivity contribution in [3.63, 3.8) is 0 Å². The van der Waals surface area contributed by atoms with Crippen LogP contribution in [0.5, 0.6) is 0 Å². The lowest BCUT2D eigenvalue weighted by atomic mass is 10.1. The van der Waals surface area contributed by atoms with E-state index < -0.39 is 5.97 Å². The van der Waals surface area contributed by atoms with Crippen LogP contribution in [-0.4, -0.2) is 25.7 Å². The second-order valence-corrected chi connectivity index (χ2v) is 4.02. The molecule has 0 fully saturated rings. The second-order valence-electron chi connectivity index (χ2n) is 4.02. The third-order valence-corrected chi connectivity index (χ3v) is 2.81. The number of benzene rings is 1. The summed E-state index contributed by atoms with van der Waals surface area (Å²) < 4.78 is 1.48. The van der Waals surface area contributed by atoms with Gasteiger partial charge in [-0.1, -0.05) is 18.2 Å². The molecule has 2 aromatic heterocycles. The van der Waals surface area contributed by atoms with E-state index in [1.165, 1.54) is 10.6 Å². The molecule has 1 aromatic carbocycles. The van der Waals surface area contributed by atoms with Gasteiger partial charge in [0.15, 0.2) is 11.3 Å². The first-order valence-corrected chi connectivity index (χ1v) is 5.60. The van der Waals surface area contributed by atoms with Crippen molar-refractivity contribution in [2.45, 2.75) is 0 Å². The summed E-state index contributed by atoms with van der Waals surface area (Å²) in [6.45, 7) is 0. The van der Waals surface area contributed by atoms with E-state index in [1.54, 1.807) is 18.3 Å². The number of anilines is 1. The molecule has 3 N–H and O–H groups in total. The maximum absolute atomic E-state index is 11.0. The minimum atomic E-state index is -1.09. The molecule has 2 heterocycles. The molecule has 0 atom stereocenters. The van der Waals surface area contributed by atoms with Crippen LogP contribution in [0.4, 0.5) is 5.69 Å². The van der Waals surface area contributed by atoms with Gasteiger partial charge in [-0.2, -0.15) is 5.10 Å². The Labute approximate surface area is 108 Å². The summed E-state index contributed by atoms with van der Waals surface area (Å²) in [5, 5.41) is 13.0. The molecule has 0 bridgehead atoms. The molecule has 0 saturated heterocycles. The minimum absolute atomic E-state index is 0.0468. The summed E-state index contributed by atoms with van der Waals surface area (Å²) in [7, 11) is 0. The Morgan fingerprint density at radius 2 is 2.05 bits per heavy atom. The average Bonchev–Trinajstić information content (AvgIpc) is 2.83. The van der Waals surface area contributed by atoms with E-state index >= 15 is 0 Å². The molecule has 3 rings (SSSR count). The van der Waals surface area contributed by atoms with Gasteiger partial charge in [-0.15, -0.1) is 0 Å². The quantitative estimate of drug-likeness (QED) is 0.678. The normalized spacial score (nSPS) is 10.7. The number of nitrogens with two attached hydrogens (primary N) is 1. The summed E-state index contributed by atoms with van der Waals surface area (Å²) in [6, 6.07) is 10.5. The van der Waals surface area contributed by atoms with Crippen LogP contribution in [-0.2, 0) is 0 Å². The molecule has 0 aliphatic carbocycles. The second kappa shape index (κ2) is 4.09. The van der Waals surface area contributed by atoms with E-state index in [9.17, 15) is 4.79 Å². The number of nitrogens with zero attached hydrogens (tertiary/aromatic N) is 3. The number of aromatic nitrogens is 3. The molecular formula is C13H10N4O2. The van der Waals surface area contributed by atoms with Gasteiger partial charge in [-0.05, 0) is 12.1 Å². The number of carbonyl (C=O) groups is 1. The molecule has 0 unspecified atom stereocenters. The van der Waals surface area contributed by atoms with Crippen molar-refractivity contribution in [2.24, 2.45) is 0 Å². The highest BCUT2D eigenvalue weighted by atomic mass is 16.4. The lowest BCUT2D eigenvalue weighted by Gasteiger charge is -2.06. The molecule has 3 aromatic rings. The third kappa shape index (κ3) is 1.79. The first-order chi connectivity index (χ1) is 9.16. The number of nitrogen functional groups attached to an aromatic ring is 1. The summed E-state index contributed by atoms with van der Waals surface area (Å²) in [5.41, 5.74) is 8.45. The average molecular weight is 254 g/mol. The van der Waals surface area contributed by atoms with E-state index in [2.05, 4.69) is 10.1 Å². The standard InChI is InChI=1S/C13H10N4O2/c14-9-4-2-1-3-8(9)11-5-6-15-12-7-10(13(18)19)16-17(11)12/h1-7H,14H2,(H,18,19). The van der Waals surface area contributed by atoms with Gasteiger partial charge in [0.25, 0.3) is 0 Å². The van der Waals surface area contributed by atoms with Crippen molar-refractivity contribution >= 4 is 17.3 Å². The zero-order valence-corrected chi connectivity index (χ0v) is 9.82. The van der Waals surface area contributed by atoms with Crippen LogP contribution in [0, 0.1) is 0 Å². The van der Waals surface area contributed by atoms with Gasteiger partial charge in [0, 0.05) is 23.5 Å². The Bertz CT molecular complexity index is 779. The molecule has 0 saturated carbocycles. The Hall–Kier alpha value is -2.89. The molecule has 0 aliphatic rings. The van der Waals surface area contributed by atoms with E-state index in [0.717, 1.165) is 5.56 Å². The summed E-state index contributed by atoms with van der Waals surface area (Å²) in [4.78, 5) is 15.1. The van der Waals surface area contributed by atoms with Crippen LogP contribution >= 0.6 is 0 Å². The Balaban J connectivity index is 2.30. The highest BCUT2D eigenvalue weighted by Gasteiger charge is 2.13. The number of rotatable bonds is 2. The van der Waals surface area contributed by atoms with Crippen LogP contribution in [0.1, 0.15) is 10.5 Å². The monoisotopic (exact) mass is 254 g/mol. The number of hydrogen-bond donors (Lipinski definition) is 2. The van der Waals surface area contributed by atoms with Crippen LogP contribution in [0.3, 0.4) is 0 Å². The van der Waals surface area contributed by atoms with Crippen LogP contribution in [0.15, 0.2) is 42.6 Å². The van der Waals surface area contributed by atoms with Gasteiger partial charge in [-0.25, -0.2) is 14.3 Å². The molecule has 6 heteroatoms. The van der Waals surface area contributed by atoms with Crippen LogP contribution < -0.4 is 5.73 Å². The largest absolute Gasteiger partial charge is 0.476 e. The SMILES string of the molecule is Nc1ccccc1-c1ccnc2cc(C(=O)O)nn12. The summed E-state index contributed by atoms with van der Waals surface area (Å²) in [5.74, 6) is -1.09. The van der Waals surface area contributed by atoms with Crippen molar-refractivity contribution in [1.29, 1.82) is 0 Å². The molecule has 6 nitrogen and oxygen atoms in total. The maximum atomic E-state index is 11.0. The zero-order valence-electron chi connectivity index (χ0n) is 9.82. The fraction of sp³-hybridized carbons (Fsp3) is 0. The topological polar surface area (TPSA) is 93.5 Å². The van der Waals surface area contributed by atoms with E-state index in [4.69, 9.17) is 10.8 Å². The van der Waals surface area contributed by atoms with Crippen molar-refractivity contribution in [3.05, 3.63) is 48.3 Å². The lowest BCUT2D eigenvalue weighted by molar-refractivity contribution is 0.0690. The predicted molar refractivity (Wildman–Crippen MR) is 69.8 cm³/mol. The van der Waals surface area contributed by atoms with Gasteiger partial charge >= 0.3 is 5.97 Å². The predicted octanol–water partition coefficient (Wildman–Crippen LogP) is 1.68. The van der Waals surface area contributed by atoms with E-state index in [1.807, 2.05) is 18.2 Å². The molecular weight excluding hydrogens is 244 g/mol.